The van der Waals surface area contributed by atoms with Crippen molar-refractivity contribution >= 4 is 22.7 Å². The first-order valence-corrected chi connectivity index (χ1v) is 8.14. The summed E-state index contributed by atoms with van der Waals surface area (Å²) in [7, 11) is 1.64. The topological polar surface area (TPSA) is 46.0 Å². The molecule has 0 aliphatic heterocycles. The highest BCUT2D eigenvalue weighted by atomic mass is 16.5. The fourth-order valence-electron chi connectivity index (χ4n) is 2.39. The molecule has 3 rings (SSSR count). The van der Waals surface area contributed by atoms with Gasteiger partial charge in [-0.1, -0.05) is 23.8 Å². The summed E-state index contributed by atoms with van der Waals surface area (Å²) < 4.78 is 5.34. The summed E-state index contributed by atoms with van der Waals surface area (Å²) in [6.45, 7) is 4.09. The standard InChI is InChI=1S/C21H21N3O/c1-15-4-7-17(8-5-15)22-18-9-11-19(12-10-18)23-24-20-13-6-16(2)14-21(20)25-3/h4-14,22H,1-3H3. The normalized spacial score (nSPS) is 10.8. The first-order chi connectivity index (χ1) is 12.1. The molecule has 0 radical (unpaired) electrons. The first-order valence-electron chi connectivity index (χ1n) is 8.14. The van der Waals surface area contributed by atoms with E-state index in [0.717, 1.165) is 34.1 Å². The molecule has 4 heteroatoms. The predicted octanol–water partition coefficient (Wildman–Crippen LogP) is 6.47. The summed E-state index contributed by atoms with van der Waals surface area (Å²) >= 11 is 0. The van der Waals surface area contributed by atoms with E-state index in [0.29, 0.717) is 0 Å². The van der Waals surface area contributed by atoms with E-state index < -0.39 is 0 Å². The van der Waals surface area contributed by atoms with Crippen molar-refractivity contribution in [3.63, 3.8) is 0 Å². The molecule has 0 heterocycles. The lowest BCUT2D eigenvalue weighted by atomic mass is 10.2. The number of rotatable bonds is 5. The molecular weight excluding hydrogens is 310 g/mol. The van der Waals surface area contributed by atoms with Gasteiger partial charge in [-0.15, -0.1) is 5.11 Å². The Balaban J connectivity index is 1.71. The van der Waals surface area contributed by atoms with Crippen molar-refractivity contribution in [2.24, 2.45) is 10.2 Å². The third-order valence-electron chi connectivity index (χ3n) is 3.82. The van der Waals surface area contributed by atoms with Crippen LogP contribution < -0.4 is 10.1 Å². The van der Waals surface area contributed by atoms with E-state index in [1.165, 1.54) is 5.56 Å². The molecule has 0 spiro atoms. The number of azo groups is 1. The lowest BCUT2D eigenvalue weighted by molar-refractivity contribution is 0.415. The molecular formula is C21H21N3O. The minimum absolute atomic E-state index is 0.718. The van der Waals surface area contributed by atoms with Crippen LogP contribution in [-0.4, -0.2) is 7.11 Å². The van der Waals surface area contributed by atoms with Gasteiger partial charge >= 0.3 is 0 Å². The van der Waals surface area contributed by atoms with E-state index in [2.05, 4.69) is 46.7 Å². The van der Waals surface area contributed by atoms with E-state index in [4.69, 9.17) is 4.74 Å². The zero-order valence-corrected chi connectivity index (χ0v) is 14.7. The number of nitrogens with zero attached hydrogens (tertiary/aromatic N) is 2. The molecule has 3 aromatic carbocycles. The Kier molecular flexibility index (Phi) is 5.09. The van der Waals surface area contributed by atoms with E-state index in [-0.39, 0.29) is 0 Å². The van der Waals surface area contributed by atoms with Crippen molar-refractivity contribution in [2.75, 3.05) is 12.4 Å². The van der Waals surface area contributed by atoms with Crippen LogP contribution in [0, 0.1) is 13.8 Å². The summed E-state index contributed by atoms with van der Waals surface area (Å²) in [5.74, 6) is 0.724. The zero-order chi connectivity index (χ0) is 17.6. The van der Waals surface area contributed by atoms with E-state index in [9.17, 15) is 0 Å². The third-order valence-corrected chi connectivity index (χ3v) is 3.82. The van der Waals surface area contributed by atoms with Gasteiger partial charge in [-0.2, -0.15) is 5.11 Å². The van der Waals surface area contributed by atoms with Crippen LogP contribution in [0.4, 0.5) is 22.7 Å². The Bertz CT molecular complexity index is 869. The molecule has 0 saturated carbocycles. The van der Waals surface area contributed by atoms with Crippen molar-refractivity contribution < 1.29 is 4.74 Å². The summed E-state index contributed by atoms with van der Waals surface area (Å²) in [6, 6.07) is 22.0. The highest BCUT2D eigenvalue weighted by molar-refractivity contribution is 5.62. The number of benzene rings is 3. The molecule has 3 aromatic rings. The van der Waals surface area contributed by atoms with E-state index in [1.807, 2.05) is 49.4 Å². The quantitative estimate of drug-likeness (QED) is 0.544. The number of nitrogens with one attached hydrogen (secondary N) is 1. The minimum Gasteiger partial charge on any atom is -0.494 e. The van der Waals surface area contributed by atoms with Gasteiger partial charge in [0.25, 0.3) is 0 Å². The van der Waals surface area contributed by atoms with Crippen LogP contribution in [0.5, 0.6) is 5.75 Å². The maximum absolute atomic E-state index is 5.34. The number of aryl methyl sites for hydroxylation is 2. The van der Waals surface area contributed by atoms with Crippen LogP contribution >= 0.6 is 0 Å². The fraction of sp³-hybridized carbons (Fsp3) is 0.143. The molecule has 0 amide bonds. The first kappa shape index (κ1) is 16.7. The van der Waals surface area contributed by atoms with Crippen LogP contribution in [0.15, 0.2) is 77.0 Å². The second-order valence-electron chi connectivity index (χ2n) is 5.91. The Morgan fingerprint density at radius 1 is 0.720 bits per heavy atom. The predicted molar refractivity (Wildman–Crippen MR) is 103 cm³/mol. The van der Waals surface area contributed by atoms with Crippen molar-refractivity contribution in [3.05, 3.63) is 77.9 Å². The van der Waals surface area contributed by atoms with Gasteiger partial charge in [0.2, 0.25) is 0 Å². The lowest BCUT2D eigenvalue weighted by Crippen LogP contribution is -1.89. The molecule has 0 atom stereocenters. The SMILES string of the molecule is COc1cc(C)ccc1N=Nc1ccc(Nc2ccc(C)cc2)cc1. The molecule has 0 aromatic heterocycles. The van der Waals surface area contributed by atoms with E-state index >= 15 is 0 Å². The summed E-state index contributed by atoms with van der Waals surface area (Å²) in [4.78, 5) is 0. The number of hydrogen-bond acceptors (Lipinski definition) is 4. The van der Waals surface area contributed by atoms with Gasteiger partial charge in [0, 0.05) is 11.4 Å². The second-order valence-corrected chi connectivity index (χ2v) is 5.91. The highest BCUT2D eigenvalue weighted by Gasteiger charge is 2.02. The van der Waals surface area contributed by atoms with Gasteiger partial charge in [-0.3, -0.25) is 0 Å². The monoisotopic (exact) mass is 331 g/mol. The Morgan fingerprint density at radius 2 is 1.32 bits per heavy atom. The highest BCUT2D eigenvalue weighted by Crippen LogP contribution is 2.30. The van der Waals surface area contributed by atoms with Gasteiger partial charge in [-0.25, -0.2) is 0 Å². The summed E-state index contributed by atoms with van der Waals surface area (Å²) in [5.41, 5.74) is 5.95. The summed E-state index contributed by atoms with van der Waals surface area (Å²) in [5, 5.41) is 11.9. The van der Waals surface area contributed by atoms with E-state index in [1.54, 1.807) is 7.11 Å². The molecule has 25 heavy (non-hydrogen) atoms. The molecule has 0 bridgehead atoms. The van der Waals surface area contributed by atoms with Crippen molar-refractivity contribution in [1.29, 1.82) is 0 Å². The van der Waals surface area contributed by atoms with Crippen molar-refractivity contribution in [2.45, 2.75) is 13.8 Å². The summed E-state index contributed by atoms with van der Waals surface area (Å²) in [6.07, 6.45) is 0. The van der Waals surface area contributed by atoms with Gasteiger partial charge in [0.05, 0.1) is 12.8 Å². The maximum Gasteiger partial charge on any atom is 0.146 e. The van der Waals surface area contributed by atoms with Gasteiger partial charge in [0.15, 0.2) is 0 Å². The molecule has 1 N–H and O–H groups in total. The lowest BCUT2D eigenvalue weighted by Gasteiger charge is -2.07. The fourth-order valence-corrected chi connectivity index (χ4v) is 2.39. The van der Waals surface area contributed by atoms with Crippen LogP contribution in [-0.2, 0) is 0 Å². The molecule has 0 unspecified atom stereocenters. The van der Waals surface area contributed by atoms with Crippen molar-refractivity contribution in [3.8, 4) is 5.75 Å². The number of hydrogen-bond donors (Lipinski definition) is 1. The van der Waals surface area contributed by atoms with Crippen LogP contribution in [0.1, 0.15) is 11.1 Å². The molecule has 4 nitrogen and oxygen atoms in total. The largest absolute Gasteiger partial charge is 0.494 e. The average molecular weight is 331 g/mol. The second kappa shape index (κ2) is 7.62. The van der Waals surface area contributed by atoms with Crippen LogP contribution in [0.25, 0.3) is 0 Å². The molecule has 0 saturated heterocycles. The molecule has 0 aliphatic rings. The molecule has 0 fully saturated rings. The van der Waals surface area contributed by atoms with Gasteiger partial charge < -0.3 is 10.1 Å². The number of ether oxygens (including phenoxy) is 1. The average Bonchev–Trinajstić information content (AvgIpc) is 2.63. The molecule has 126 valence electrons. The minimum atomic E-state index is 0.718. The maximum atomic E-state index is 5.34. The van der Waals surface area contributed by atoms with Gasteiger partial charge in [-0.05, 0) is 67.9 Å². The van der Waals surface area contributed by atoms with Crippen LogP contribution in [0.3, 0.4) is 0 Å². The van der Waals surface area contributed by atoms with Gasteiger partial charge in [0.1, 0.15) is 11.4 Å². The number of methoxy groups -OCH3 is 1. The third kappa shape index (κ3) is 4.44. The Morgan fingerprint density at radius 3 is 1.96 bits per heavy atom. The smallest absolute Gasteiger partial charge is 0.146 e. The number of anilines is 2. The Hall–Kier alpha value is -3.14. The molecule has 0 aliphatic carbocycles. The van der Waals surface area contributed by atoms with Crippen LogP contribution in [0.2, 0.25) is 0 Å². The zero-order valence-electron chi connectivity index (χ0n) is 14.7. The Labute approximate surface area is 148 Å². The van der Waals surface area contributed by atoms with Crippen molar-refractivity contribution in [1.82, 2.24) is 0 Å².